The van der Waals surface area contributed by atoms with Crippen molar-refractivity contribution in [2.24, 2.45) is 5.73 Å². The van der Waals surface area contributed by atoms with E-state index < -0.39 is 5.91 Å². The Bertz CT molecular complexity index is 729. The van der Waals surface area contributed by atoms with Crippen LogP contribution in [-0.2, 0) is 0 Å². The standard InChI is InChI=1S/C15H14ClN3O2/c1-8-6-10(3-5-12(8)17)15(21)19-13-7-9(14(18)20)2-4-11(13)16/h2-7H,17H2,1H3,(H2,18,20)(H,19,21). The van der Waals surface area contributed by atoms with Gasteiger partial charge in [0.15, 0.2) is 0 Å². The average Bonchev–Trinajstić information content (AvgIpc) is 2.43. The molecule has 0 saturated heterocycles. The van der Waals surface area contributed by atoms with Crippen molar-refractivity contribution in [2.45, 2.75) is 6.92 Å². The molecule has 2 amide bonds. The van der Waals surface area contributed by atoms with Crippen molar-refractivity contribution in [3.8, 4) is 0 Å². The minimum atomic E-state index is -0.592. The Kier molecular flexibility index (Phi) is 4.14. The molecule has 6 heteroatoms. The second-order valence-electron chi connectivity index (χ2n) is 4.58. The number of primary amides is 1. The van der Waals surface area contributed by atoms with Crippen LogP contribution < -0.4 is 16.8 Å². The van der Waals surface area contributed by atoms with E-state index in [1.165, 1.54) is 18.2 Å². The van der Waals surface area contributed by atoms with Crippen LogP contribution in [0.5, 0.6) is 0 Å². The van der Waals surface area contributed by atoms with Crippen LogP contribution in [0.15, 0.2) is 36.4 Å². The molecule has 0 heterocycles. The van der Waals surface area contributed by atoms with Gasteiger partial charge in [-0.25, -0.2) is 0 Å². The molecular formula is C15H14ClN3O2. The monoisotopic (exact) mass is 303 g/mol. The molecule has 108 valence electrons. The van der Waals surface area contributed by atoms with Crippen molar-refractivity contribution < 1.29 is 9.59 Å². The fourth-order valence-electron chi connectivity index (χ4n) is 1.79. The van der Waals surface area contributed by atoms with E-state index in [4.69, 9.17) is 23.1 Å². The highest BCUT2D eigenvalue weighted by molar-refractivity contribution is 6.34. The van der Waals surface area contributed by atoms with E-state index in [0.717, 1.165) is 5.56 Å². The number of rotatable bonds is 3. The van der Waals surface area contributed by atoms with Gasteiger partial charge in [-0.1, -0.05) is 11.6 Å². The summed E-state index contributed by atoms with van der Waals surface area (Å²) in [5, 5.41) is 2.97. The first-order valence-corrected chi connectivity index (χ1v) is 6.53. The summed E-state index contributed by atoms with van der Waals surface area (Å²) in [4.78, 5) is 23.3. The van der Waals surface area contributed by atoms with Crippen LogP contribution in [0.3, 0.4) is 0 Å². The lowest BCUT2D eigenvalue weighted by atomic mass is 10.1. The van der Waals surface area contributed by atoms with E-state index in [1.54, 1.807) is 18.2 Å². The molecule has 5 N–H and O–H groups in total. The molecule has 0 aliphatic rings. The molecule has 0 bridgehead atoms. The SMILES string of the molecule is Cc1cc(C(=O)Nc2cc(C(N)=O)ccc2Cl)ccc1N. The van der Waals surface area contributed by atoms with E-state index in [-0.39, 0.29) is 11.5 Å². The van der Waals surface area contributed by atoms with Crippen molar-refractivity contribution in [2.75, 3.05) is 11.1 Å². The highest BCUT2D eigenvalue weighted by Gasteiger charge is 2.11. The van der Waals surface area contributed by atoms with Crippen molar-refractivity contribution in [3.05, 3.63) is 58.1 Å². The van der Waals surface area contributed by atoms with Gasteiger partial charge in [-0.2, -0.15) is 0 Å². The lowest BCUT2D eigenvalue weighted by Gasteiger charge is -2.09. The van der Waals surface area contributed by atoms with Gasteiger partial charge in [-0.3, -0.25) is 9.59 Å². The Hall–Kier alpha value is -2.53. The van der Waals surface area contributed by atoms with Crippen LogP contribution >= 0.6 is 11.6 Å². The largest absolute Gasteiger partial charge is 0.399 e. The Morgan fingerprint density at radius 2 is 1.76 bits per heavy atom. The van der Waals surface area contributed by atoms with Crippen molar-refractivity contribution in [3.63, 3.8) is 0 Å². The van der Waals surface area contributed by atoms with E-state index in [9.17, 15) is 9.59 Å². The van der Waals surface area contributed by atoms with Gasteiger partial charge in [-0.15, -0.1) is 0 Å². The normalized spacial score (nSPS) is 10.2. The molecule has 2 rings (SSSR count). The van der Waals surface area contributed by atoms with Crippen molar-refractivity contribution in [1.82, 2.24) is 0 Å². The molecular weight excluding hydrogens is 290 g/mol. The highest BCUT2D eigenvalue weighted by atomic mass is 35.5. The maximum Gasteiger partial charge on any atom is 0.255 e. The summed E-state index contributed by atoms with van der Waals surface area (Å²) in [6, 6.07) is 9.39. The number of hydrogen-bond acceptors (Lipinski definition) is 3. The van der Waals surface area contributed by atoms with Gasteiger partial charge in [0.25, 0.3) is 5.91 Å². The molecule has 0 aromatic heterocycles. The third-order valence-electron chi connectivity index (χ3n) is 3.03. The van der Waals surface area contributed by atoms with E-state index in [2.05, 4.69) is 5.32 Å². The minimum absolute atomic E-state index is 0.267. The van der Waals surface area contributed by atoms with Gasteiger partial charge < -0.3 is 16.8 Å². The van der Waals surface area contributed by atoms with Gasteiger partial charge >= 0.3 is 0 Å². The summed E-state index contributed by atoms with van der Waals surface area (Å²) in [5.41, 5.74) is 13.4. The van der Waals surface area contributed by atoms with Gasteiger partial charge in [0.1, 0.15) is 0 Å². The number of nitrogen functional groups attached to an aromatic ring is 1. The number of benzene rings is 2. The summed E-state index contributed by atoms with van der Waals surface area (Å²) in [6.45, 7) is 1.81. The summed E-state index contributed by atoms with van der Waals surface area (Å²) < 4.78 is 0. The fourth-order valence-corrected chi connectivity index (χ4v) is 1.95. The minimum Gasteiger partial charge on any atom is -0.399 e. The number of aryl methyl sites for hydroxylation is 1. The maximum absolute atomic E-state index is 12.2. The zero-order valence-corrected chi connectivity index (χ0v) is 12.1. The first kappa shape index (κ1) is 14.9. The summed E-state index contributed by atoms with van der Waals surface area (Å²) in [7, 11) is 0. The molecule has 0 aliphatic heterocycles. The van der Waals surface area contributed by atoms with E-state index >= 15 is 0 Å². The van der Waals surface area contributed by atoms with Crippen molar-refractivity contribution >= 4 is 34.8 Å². The number of halogens is 1. The van der Waals surface area contributed by atoms with Crippen LogP contribution in [0.25, 0.3) is 0 Å². The Balaban J connectivity index is 2.28. The molecule has 0 spiro atoms. The summed E-state index contributed by atoms with van der Waals surface area (Å²) in [5.74, 6) is -0.938. The molecule has 0 unspecified atom stereocenters. The number of carbonyl (C=O) groups excluding carboxylic acids is 2. The third-order valence-corrected chi connectivity index (χ3v) is 3.36. The fraction of sp³-hybridized carbons (Fsp3) is 0.0667. The zero-order valence-electron chi connectivity index (χ0n) is 11.3. The average molecular weight is 304 g/mol. The quantitative estimate of drug-likeness (QED) is 0.760. The van der Waals surface area contributed by atoms with Crippen LogP contribution in [0.4, 0.5) is 11.4 Å². The lowest BCUT2D eigenvalue weighted by Crippen LogP contribution is -2.15. The lowest BCUT2D eigenvalue weighted by molar-refractivity contribution is 0.0996. The molecule has 0 radical (unpaired) electrons. The molecule has 0 aliphatic carbocycles. The Labute approximate surface area is 126 Å². The summed E-state index contributed by atoms with van der Waals surface area (Å²) >= 11 is 6.00. The molecule has 0 fully saturated rings. The first-order valence-electron chi connectivity index (χ1n) is 6.15. The predicted molar refractivity (Wildman–Crippen MR) is 83.5 cm³/mol. The number of nitrogens with one attached hydrogen (secondary N) is 1. The number of hydrogen-bond donors (Lipinski definition) is 3. The van der Waals surface area contributed by atoms with Crippen LogP contribution in [0.2, 0.25) is 5.02 Å². The molecule has 0 saturated carbocycles. The first-order chi connectivity index (χ1) is 9.88. The maximum atomic E-state index is 12.2. The molecule has 0 atom stereocenters. The molecule has 2 aromatic carbocycles. The zero-order chi connectivity index (χ0) is 15.6. The number of carbonyl (C=O) groups is 2. The van der Waals surface area contributed by atoms with Gasteiger partial charge in [0.05, 0.1) is 10.7 Å². The Morgan fingerprint density at radius 1 is 1.10 bits per heavy atom. The number of nitrogens with two attached hydrogens (primary N) is 2. The second-order valence-corrected chi connectivity index (χ2v) is 4.99. The van der Waals surface area contributed by atoms with Gasteiger partial charge in [0.2, 0.25) is 5.91 Å². The number of amides is 2. The predicted octanol–water partition coefficient (Wildman–Crippen LogP) is 2.58. The molecule has 21 heavy (non-hydrogen) atoms. The smallest absolute Gasteiger partial charge is 0.255 e. The van der Waals surface area contributed by atoms with E-state index in [1.807, 2.05) is 6.92 Å². The van der Waals surface area contributed by atoms with Crippen LogP contribution in [0.1, 0.15) is 26.3 Å². The molecule has 2 aromatic rings. The van der Waals surface area contributed by atoms with Crippen LogP contribution in [-0.4, -0.2) is 11.8 Å². The third kappa shape index (κ3) is 3.32. The van der Waals surface area contributed by atoms with Crippen molar-refractivity contribution in [1.29, 1.82) is 0 Å². The molecule has 5 nitrogen and oxygen atoms in total. The van der Waals surface area contributed by atoms with Gasteiger partial charge in [0, 0.05) is 16.8 Å². The summed E-state index contributed by atoms with van der Waals surface area (Å²) in [6.07, 6.45) is 0. The topological polar surface area (TPSA) is 98.2 Å². The highest BCUT2D eigenvalue weighted by Crippen LogP contribution is 2.24. The Morgan fingerprint density at radius 3 is 2.38 bits per heavy atom. The van der Waals surface area contributed by atoms with Gasteiger partial charge in [-0.05, 0) is 48.9 Å². The number of anilines is 2. The van der Waals surface area contributed by atoms with Crippen LogP contribution in [0, 0.1) is 6.92 Å². The van der Waals surface area contributed by atoms with E-state index in [0.29, 0.717) is 22.0 Å². The second kappa shape index (κ2) is 5.85.